The fourth-order valence-electron chi connectivity index (χ4n) is 2.26. The summed E-state index contributed by atoms with van der Waals surface area (Å²) in [5, 5.41) is 1.91. The van der Waals surface area contributed by atoms with E-state index in [1.165, 1.54) is 28.0 Å². The Bertz CT molecular complexity index is 781. The third-order valence-electron chi connectivity index (χ3n) is 3.41. The van der Waals surface area contributed by atoms with Gasteiger partial charge >= 0.3 is 0 Å². The van der Waals surface area contributed by atoms with Crippen molar-refractivity contribution < 1.29 is 0 Å². The summed E-state index contributed by atoms with van der Waals surface area (Å²) in [6.07, 6.45) is 1.64. The molecule has 3 rings (SSSR count). The molecule has 0 saturated heterocycles. The molecule has 0 saturated carbocycles. The molecule has 3 aromatic rings. The van der Waals surface area contributed by atoms with Crippen molar-refractivity contribution in [1.82, 2.24) is 9.55 Å². The van der Waals surface area contributed by atoms with Gasteiger partial charge in [-0.3, -0.25) is 9.36 Å². The Morgan fingerprint density at radius 2 is 1.95 bits per heavy atom. The first kappa shape index (κ1) is 12.1. The van der Waals surface area contributed by atoms with Gasteiger partial charge in [0.05, 0.1) is 18.4 Å². The minimum Gasteiger partial charge on any atom is -0.294 e. The molecule has 2 aromatic heterocycles. The lowest BCUT2D eigenvalue weighted by atomic mass is 10.0. The summed E-state index contributed by atoms with van der Waals surface area (Å²) in [6, 6.07) is 8.07. The van der Waals surface area contributed by atoms with Gasteiger partial charge in [0.25, 0.3) is 5.56 Å². The van der Waals surface area contributed by atoms with Crippen LogP contribution in [-0.2, 0) is 6.54 Å². The van der Waals surface area contributed by atoms with Crippen LogP contribution in [-0.4, -0.2) is 9.55 Å². The Hall–Kier alpha value is -1.94. The number of hydrogen-bond donors (Lipinski definition) is 0. The first-order chi connectivity index (χ1) is 9.16. The highest BCUT2D eigenvalue weighted by molar-refractivity contribution is 7.17. The molecule has 0 fully saturated rings. The number of rotatable bonds is 2. The molecule has 0 amide bonds. The van der Waals surface area contributed by atoms with Crippen LogP contribution in [0.5, 0.6) is 0 Å². The molecular weight excluding hydrogens is 256 g/mol. The van der Waals surface area contributed by atoms with E-state index in [1.807, 2.05) is 17.5 Å². The van der Waals surface area contributed by atoms with Crippen LogP contribution in [0.25, 0.3) is 10.2 Å². The molecule has 0 unspecified atom stereocenters. The average Bonchev–Trinajstić information content (AvgIpc) is 2.85. The van der Waals surface area contributed by atoms with Crippen LogP contribution in [0.4, 0.5) is 0 Å². The second-order valence-corrected chi connectivity index (χ2v) is 5.60. The zero-order valence-electron chi connectivity index (χ0n) is 10.9. The molecule has 0 aliphatic heterocycles. The first-order valence-electron chi connectivity index (χ1n) is 6.14. The lowest BCUT2D eigenvalue weighted by Gasteiger charge is -2.11. The monoisotopic (exact) mass is 270 g/mol. The Labute approximate surface area is 115 Å². The Morgan fingerprint density at radius 3 is 2.68 bits per heavy atom. The molecule has 1 aromatic carbocycles. The molecule has 3 nitrogen and oxygen atoms in total. The maximum atomic E-state index is 12.3. The number of nitrogens with zero attached hydrogens (tertiary/aromatic N) is 2. The van der Waals surface area contributed by atoms with Crippen molar-refractivity contribution in [2.45, 2.75) is 20.4 Å². The fourth-order valence-corrected chi connectivity index (χ4v) is 3.05. The highest BCUT2D eigenvalue weighted by atomic mass is 32.1. The Balaban J connectivity index is 2.11. The third kappa shape index (κ3) is 2.08. The van der Waals surface area contributed by atoms with E-state index in [-0.39, 0.29) is 5.56 Å². The van der Waals surface area contributed by atoms with E-state index in [2.05, 4.69) is 31.0 Å². The van der Waals surface area contributed by atoms with E-state index in [4.69, 9.17) is 0 Å². The lowest BCUT2D eigenvalue weighted by molar-refractivity contribution is 0.742. The molecular formula is C15H14N2OS. The normalized spacial score (nSPS) is 11.1. The highest BCUT2D eigenvalue weighted by Crippen LogP contribution is 2.16. The van der Waals surface area contributed by atoms with Crippen LogP contribution >= 0.6 is 11.3 Å². The molecule has 0 atom stereocenters. The molecule has 19 heavy (non-hydrogen) atoms. The topological polar surface area (TPSA) is 34.9 Å². The average molecular weight is 270 g/mol. The number of benzene rings is 1. The van der Waals surface area contributed by atoms with Crippen LogP contribution in [0.3, 0.4) is 0 Å². The van der Waals surface area contributed by atoms with Crippen molar-refractivity contribution in [3.05, 3.63) is 63.0 Å². The number of fused-ring (bicyclic) bond motifs is 1. The van der Waals surface area contributed by atoms with E-state index in [0.29, 0.717) is 6.54 Å². The van der Waals surface area contributed by atoms with Gasteiger partial charge in [0.15, 0.2) is 0 Å². The molecule has 4 heteroatoms. The smallest absolute Gasteiger partial charge is 0.271 e. The van der Waals surface area contributed by atoms with Gasteiger partial charge in [-0.1, -0.05) is 18.2 Å². The van der Waals surface area contributed by atoms with Gasteiger partial charge in [-0.25, -0.2) is 4.98 Å². The van der Waals surface area contributed by atoms with Crippen molar-refractivity contribution in [3.63, 3.8) is 0 Å². The summed E-state index contributed by atoms with van der Waals surface area (Å²) in [5.74, 6) is 0. The number of thiophene rings is 1. The van der Waals surface area contributed by atoms with Crippen molar-refractivity contribution >= 4 is 21.6 Å². The van der Waals surface area contributed by atoms with Gasteiger partial charge in [-0.05, 0) is 42.0 Å². The second kappa shape index (κ2) is 4.63. The van der Waals surface area contributed by atoms with Crippen molar-refractivity contribution in [2.24, 2.45) is 0 Å². The zero-order chi connectivity index (χ0) is 13.4. The third-order valence-corrected chi connectivity index (χ3v) is 4.30. The van der Waals surface area contributed by atoms with Gasteiger partial charge in [0.2, 0.25) is 0 Å². The molecule has 0 radical (unpaired) electrons. The molecule has 0 aliphatic rings. The first-order valence-corrected chi connectivity index (χ1v) is 7.02. The number of hydrogen-bond acceptors (Lipinski definition) is 3. The number of aryl methyl sites for hydroxylation is 2. The minimum atomic E-state index is 0.0441. The van der Waals surface area contributed by atoms with E-state index >= 15 is 0 Å². The zero-order valence-corrected chi connectivity index (χ0v) is 11.7. The Morgan fingerprint density at radius 1 is 1.21 bits per heavy atom. The maximum Gasteiger partial charge on any atom is 0.271 e. The largest absolute Gasteiger partial charge is 0.294 e. The summed E-state index contributed by atoms with van der Waals surface area (Å²) in [6.45, 7) is 4.73. The van der Waals surface area contributed by atoms with E-state index in [9.17, 15) is 4.79 Å². The molecule has 0 N–H and O–H groups in total. The summed E-state index contributed by atoms with van der Waals surface area (Å²) in [4.78, 5) is 16.7. The van der Waals surface area contributed by atoms with E-state index in [0.717, 1.165) is 10.2 Å². The van der Waals surface area contributed by atoms with Gasteiger partial charge in [0, 0.05) is 0 Å². The van der Waals surface area contributed by atoms with Gasteiger partial charge in [-0.15, -0.1) is 11.3 Å². The highest BCUT2D eigenvalue weighted by Gasteiger charge is 2.08. The molecule has 2 heterocycles. The van der Waals surface area contributed by atoms with Gasteiger partial charge in [-0.2, -0.15) is 0 Å². The second-order valence-electron chi connectivity index (χ2n) is 4.68. The van der Waals surface area contributed by atoms with Crippen LogP contribution < -0.4 is 5.56 Å². The van der Waals surface area contributed by atoms with Crippen molar-refractivity contribution in [3.8, 4) is 0 Å². The molecule has 96 valence electrons. The summed E-state index contributed by atoms with van der Waals surface area (Å²) in [5.41, 5.74) is 4.44. The predicted molar refractivity (Wildman–Crippen MR) is 78.9 cm³/mol. The van der Waals surface area contributed by atoms with Crippen molar-refractivity contribution in [2.75, 3.05) is 0 Å². The molecule has 0 spiro atoms. The van der Waals surface area contributed by atoms with Crippen LogP contribution in [0, 0.1) is 13.8 Å². The van der Waals surface area contributed by atoms with Crippen LogP contribution in [0.15, 0.2) is 40.8 Å². The quantitative estimate of drug-likeness (QED) is 0.717. The van der Waals surface area contributed by atoms with Gasteiger partial charge < -0.3 is 0 Å². The number of aromatic nitrogens is 2. The Kier molecular flexibility index (Phi) is 2.95. The van der Waals surface area contributed by atoms with Crippen LogP contribution in [0.1, 0.15) is 16.7 Å². The predicted octanol–water partition coefficient (Wildman–Crippen LogP) is 3.12. The summed E-state index contributed by atoms with van der Waals surface area (Å²) >= 11 is 1.45. The lowest BCUT2D eigenvalue weighted by Crippen LogP contribution is -2.21. The fraction of sp³-hybridized carbons (Fsp3) is 0.200. The maximum absolute atomic E-state index is 12.3. The minimum absolute atomic E-state index is 0.0441. The SMILES string of the molecule is Cc1cccc(C)c1Cn1cnc2ccsc2c1=O. The van der Waals surface area contributed by atoms with E-state index < -0.39 is 0 Å². The molecule has 0 bridgehead atoms. The summed E-state index contributed by atoms with van der Waals surface area (Å²) < 4.78 is 2.42. The van der Waals surface area contributed by atoms with E-state index in [1.54, 1.807) is 10.9 Å². The summed E-state index contributed by atoms with van der Waals surface area (Å²) in [7, 11) is 0. The standard InChI is InChI=1S/C15H14N2OS/c1-10-4-3-5-11(2)12(10)8-17-9-16-13-6-7-19-14(13)15(17)18/h3-7,9H,8H2,1-2H3. The van der Waals surface area contributed by atoms with Crippen molar-refractivity contribution in [1.29, 1.82) is 0 Å². The molecule has 0 aliphatic carbocycles. The van der Waals surface area contributed by atoms with Crippen LogP contribution in [0.2, 0.25) is 0 Å². The van der Waals surface area contributed by atoms with Gasteiger partial charge in [0.1, 0.15) is 4.70 Å².